The first kappa shape index (κ1) is 19.5. The predicted octanol–water partition coefficient (Wildman–Crippen LogP) is 5.23. The maximum absolute atomic E-state index is 12.3. The van der Waals surface area contributed by atoms with Crippen LogP contribution in [0.1, 0.15) is 57.6 Å². The lowest BCUT2D eigenvalue weighted by Crippen LogP contribution is -2.20. The van der Waals surface area contributed by atoms with Crippen molar-refractivity contribution >= 4 is 28.4 Å². The van der Waals surface area contributed by atoms with E-state index in [4.69, 9.17) is 20.8 Å². The molecule has 5 heteroatoms. The Kier molecular flexibility index (Phi) is 6.65. The molecule has 0 N–H and O–H groups in total. The lowest BCUT2D eigenvalue weighted by molar-refractivity contribution is -0.122. The van der Waals surface area contributed by atoms with Crippen LogP contribution in [0.4, 0.5) is 0 Å². The van der Waals surface area contributed by atoms with Crippen molar-refractivity contribution in [2.75, 3.05) is 0 Å². The summed E-state index contributed by atoms with van der Waals surface area (Å²) in [5, 5.41) is 1.20. The fraction of sp³-hybridized carbons (Fsp3) is 0.500. The molecule has 1 aromatic carbocycles. The predicted molar refractivity (Wildman–Crippen MR) is 101 cm³/mol. The average molecular weight is 365 g/mol. The Bertz CT molecular complexity index is 823. The van der Waals surface area contributed by atoms with Gasteiger partial charge in [-0.05, 0) is 45.2 Å². The number of fused-ring (bicyclic) bond motifs is 1. The van der Waals surface area contributed by atoms with E-state index < -0.39 is 6.10 Å². The van der Waals surface area contributed by atoms with Crippen LogP contribution in [0.3, 0.4) is 0 Å². The zero-order valence-corrected chi connectivity index (χ0v) is 16.0. The van der Waals surface area contributed by atoms with Crippen molar-refractivity contribution in [1.29, 1.82) is 0 Å². The molecule has 2 aromatic rings. The minimum absolute atomic E-state index is 0.101. The lowest BCUT2D eigenvalue weighted by atomic mass is 10.0. The summed E-state index contributed by atoms with van der Waals surface area (Å²) in [6.45, 7) is 7.19. The smallest absolute Gasteiger partial charge is 0.339 e. The molecule has 0 unspecified atom stereocenters. The summed E-state index contributed by atoms with van der Waals surface area (Å²) in [5.41, 5.74) is 1.73. The Labute approximate surface area is 153 Å². The highest BCUT2D eigenvalue weighted by molar-refractivity contribution is 6.32. The number of ether oxygens (including phenoxy) is 1. The number of ketones is 1. The van der Waals surface area contributed by atoms with E-state index in [9.17, 15) is 9.59 Å². The minimum Gasteiger partial charge on any atom is -0.481 e. The van der Waals surface area contributed by atoms with Gasteiger partial charge in [0.2, 0.25) is 0 Å². The minimum atomic E-state index is -0.611. The van der Waals surface area contributed by atoms with E-state index in [1.807, 2.05) is 6.92 Å². The Morgan fingerprint density at radius 3 is 2.64 bits per heavy atom. The van der Waals surface area contributed by atoms with Gasteiger partial charge in [0.05, 0.1) is 5.02 Å². The van der Waals surface area contributed by atoms with Gasteiger partial charge in [-0.2, -0.15) is 0 Å². The normalized spacial score (nSPS) is 12.4. The topological polar surface area (TPSA) is 56.5 Å². The molecule has 0 spiro atoms. The molecule has 0 saturated heterocycles. The van der Waals surface area contributed by atoms with Gasteiger partial charge in [-0.15, -0.1) is 0 Å². The number of halogens is 1. The summed E-state index contributed by atoms with van der Waals surface area (Å²) < 4.78 is 11.1. The molecule has 1 atom stereocenters. The summed E-state index contributed by atoms with van der Waals surface area (Å²) in [6.07, 6.45) is 4.49. The molecular weight excluding hydrogens is 340 g/mol. The van der Waals surface area contributed by atoms with Crippen LogP contribution in [-0.4, -0.2) is 11.9 Å². The van der Waals surface area contributed by atoms with Crippen LogP contribution >= 0.6 is 11.6 Å². The van der Waals surface area contributed by atoms with E-state index in [0.29, 0.717) is 28.3 Å². The van der Waals surface area contributed by atoms with E-state index in [1.54, 1.807) is 19.1 Å². The van der Waals surface area contributed by atoms with Crippen molar-refractivity contribution in [3.63, 3.8) is 0 Å². The second-order valence-electron chi connectivity index (χ2n) is 6.45. The van der Waals surface area contributed by atoms with E-state index in [-0.39, 0.29) is 11.4 Å². The van der Waals surface area contributed by atoms with E-state index in [1.165, 1.54) is 13.3 Å². The van der Waals surface area contributed by atoms with Crippen LogP contribution in [0.15, 0.2) is 21.3 Å². The second kappa shape index (κ2) is 8.52. The molecule has 2 rings (SSSR count). The molecular formula is C20H25ClO4. The largest absolute Gasteiger partial charge is 0.481 e. The first-order valence-corrected chi connectivity index (χ1v) is 9.15. The van der Waals surface area contributed by atoms with Crippen molar-refractivity contribution in [1.82, 2.24) is 0 Å². The number of hydrogen-bond donors (Lipinski definition) is 0. The average Bonchev–Trinajstić information content (AvgIpc) is 2.55. The quantitative estimate of drug-likeness (QED) is 0.475. The van der Waals surface area contributed by atoms with Crippen molar-refractivity contribution in [3.05, 3.63) is 38.7 Å². The van der Waals surface area contributed by atoms with Crippen LogP contribution in [0.25, 0.3) is 11.0 Å². The maximum Gasteiger partial charge on any atom is 0.339 e. The van der Waals surface area contributed by atoms with Gasteiger partial charge in [-0.3, -0.25) is 4.79 Å². The zero-order valence-electron chi connectivity index (χ0n) is 15.3. The van der Waals surface area contributed by atoms with Crippen molar-refractivity contribution < 1.29 is 13.9 Å². The van der Waals surface area contributed by atoms with E-state index in [2.05, 4.69) is 6.92 Å². The highest BCUT2D eigenvalue weighted by atomic mass is 35.5. The van der Waals surface area contributed by atoms with Crippen molar-refractivity contribution in [2.45, 2.75) is 65.9 Å². The van der Waals surface area contributed by atoms with Gasteiger partial charge in [0.25, 0.3) is 0 Å². The molecule has 1 heterocycles. The fourth-order valence-electron chi connectivity index (χ4n) is 2.77. The van der Waals surface area contributed by atoms with Gasteiger partial charge in [-0.1, -0.05) is 37.8 Å². The van der Waals surface area contributed by atoms with Gasteiger partial charge in [0.15, 0.2) is 11.9 Å². The third-order valence-corrected chi connectivity index (χ3v) is 4.79. The van der Waals surface area contributed by atoms with Crippen molar-refractivity contribution in [2.24, 2.45) is 0 Å². The Morgan fingerprint density at radius 2 is 2.00 bits per heavy atom. The number of unbranched alkanes of at least 4 members (excludes halogenated alkanes) is 3. The van der Waals surface area contributed by atoms with Gasteiger partial charge in [0.1, 0.15) is 11.3 Å². The third-order valence-electron chi connectivity index (χ3n) is 4.50. The van der Waals surface area contributed by atoms with Gasteiger partial charge < -0.3 is 9.15 Å². The third kappa shape index (κ3) is 4.63. The molecule has 1 aromatic heterocycles. The summed E-state index contributed by atoms with van der Waals surface area (Å²) in [7, 11) is 0. The summed E-state index contributed by atoms with van der Waals surface area (Å²) in [6, 6.07) is 3.33. The van der Waals surface area contributed by atoms with Crippen LogP contribution in [0.5, 0.6) is 5.75 Å². The molecule has 0 fully saturated rings. The number of aryl methyl sites for hydroxylation is 1. The van der Waals surface area contributed by atoms with Crippen molar-refractivity contribution in [3.8, 4) is 5.75 Å². The highest BCUT2D eigenvalue weighted by Crippen LogP contribution is 2.32. The number of carbonyl (C=O) groups excluding carboxylic acids is 1. The summed E-state index contributed by atoms with van der Waals surface area (Å²) in [5.74, 6) is 0.242. The first-order chi connectivity index (χ1) is 11.8. The number of Topliss-reactive ketones (excluding diaryl/α,β-unsaturated/α-hetero) is 1. The summed E-state index contributed by atoms with van der Waals surface area (Å²) >= 11 is 6.31. The number of hydrogen-bond acceptors (Lipinski definition) is 4. The molecule has 136 valence electrons. The highest BCUT2D eigenvalue weighted by Gasteiger charge is 2.16. The van der Waals surface area contributed by atoms with Gasteiger partial charge >= 0.3 is 5.63 Å². The Morgan fingerprint density at radius 1 is 1.28 bits per heavy atom. The molecule has 0 amide bonds. The summed E-state index contributed by atoms with van der Waals surface area (Å²) in [4.78, 5) is 23.7. The van der Waals surface area contributed by atoms with Crippen LogP contribution in [0.2, 0.25) is 5.02 Å². The van der Waals surface area contributed by atoms with Crippen LogP contribution in [0, 0.1) is 6.92 Å². The van der Waals surface area contributed by atoms with E-state index >= 15 is 0 Å². The first-order valence-electron chi connectivity index (χ1n) is 8.78. The molecule has 4 nitrogen and oxygen atoms in total. The second-order valence-corrected chi connectivity index (χ2v) is 6.86. The van der Waals surface area contributed by atoms with Gasteiger partial charge in [0, 0.05) is 17.0 Å². The molecule has 0 aliphatic carbocycles. The molecule has 0 radical (unpaired) electrons. The number of rotatable bonds is 8. The lowest BCUT2D eigenvalue weighted by Gasteiger charge is -2.14. The Hall–Kier alpha value is -1.81. The molecule has 0 aliphatic heterocycles. The van der Waals surface area contributed by atoms with Crippen LogP contribution in [-0.2, 0) is 11.2 Å². The molecule has 0 saturated carbocycles. The number of carbonyl (C=O) groups is 1. The SMILES string of the molecule is CCCCCCc1c(C)c2cc(Cl)c(O[C@H](C)C(C)=O)cc2oc1=O. The van der Waals surface area contributed by atoms with Crippen LogP contribution < -0.4 is 10.4 Å². The van der Waals surface area contributed by atoms with Gasteiger partial charge in [-0.25, -0.2) is 4.79 Å². The number of benzene rings is 1. The van der Waals surface area contributed by atoms with E-state index in [0.717, 1.165) is 30.2 Å². The molecule has 0 aliphatic rings. The molecule has 25 heavy (non-hydrogen) atoms. The monoisotopic (exact) mass is 364 g/mol. The zero-order chi connectivity index (χ0) is 18.6. The fourth-order valence-corrected chi connectivity index (χ4v) is 2.98. The standard InChI is InChI=1S/C20H25ClO4/c1-5-6-7-8-9-15-12(2)16-10-17(21)19(24-14(4)13(3)22)11-18(16)25-20(15)23/h10-11,14H,5-9H2,1-4H3/t14-/m1/s1. The molecule has 0 bridgehead atoms. The Balaban J connectivity index is 2.38. The maximum atomic E-state index is 12.3.